The maximum atomic E-state index is 13.3. The average molecular weight is 460 g/mol. The molecule has 0 heterocycles. The number of aliphatic hydroxyl groups is 2. The van der Waals surface area contributed by atoms with Crippen molar-refractivity contribution in [1.29, 1.82) is 0 Å². The fourth-order valence-electron chi connectivity index (χ4n) is 4.12. The Hall–Kier alpha value is -1.96. The molecule has 4 atom stereocenters. The minimum atomic E-state index is -1.29. The number of carbonyl (C=O) groups excluding carboxylic acids is 1. The van der Waals surface area contributed by atoms with Gasteiger partial charge in [0.05, 0.1) is 25.4 Å². The number of rotatable bonds is 8. The van der Waals surface area contributed by atoms with Crippen molar-refractivity contribution in [2.24, 2.45) is 0 Å². The highest BCUT2D eigenvalue weighted by Gasteiger charge is 2.52. The lowest BCUT2D eigenvalue weighted by atomic mass is 9.78. The normalized spacial score (nSPS) is 27.8. The minimum absolute atomic E-state index is 0.00955. The third kappa shape index (κ3) is 5.50. The van der Waals surface area contributed by atoms with E-state index < -0.39 is 23.9 Å². The summed E-state index contributed by atoms with van der Waals surface area (Å²) in [6, 6.07) is 15.2. The van der Waals surface area contributed by atoms with Crippen molar-refractivity contribution in [3.63, 3.8) is 0 Å². The van der Waals surface area contributed by atoms with Gasteiger partial charge in [-0.2, -0.15) is 0 Å². The van der Waals surface area contributed by atoms with Crippen LogP contribution in [0.1, 0.15) is 42.4 Å². The van der Waals surface area contributed by atoms with Crippen molar-refractivity contribution in [3.8, 4) is 0 Å². The van der Waals surface area contributed by atoms with E-state index in [0.717, 1.165) is 29.5 Å². The predicted octanol–water partition coefficient (Wildman–Crippen LogP) is 3.28. The smallest absolute Gasteiger partial charge is 0.252 e. The highest BCUT2D eigenvalue weighted by molar-refractivity contribution is 6.30. The van der Waals surface area contributed by atoms with E-state index >= 15 is 0 Å². The van der Waals surface area contributed by atoms with Crippen molar-refractivity contribution in [2.45, 2.75) is 75.8 Å². The summed E-state index contributed by atoms with van der Waals surface area (Å²) in [5, 5.41) is 24.9. The summed E-state index contributed by atoms with van der Waals surface area (Å²) >= 11 is 6.05. The van der Waals surface area contributed by atoms with Gasteiger partial charge in [-0.25, -0.2) is 0 Å². The van der Waals surface area contributed by atoms with Crippen LogP contribution in [0.3, 0.4) is 0 Å². The molecule has 2 fully saturated rings. The van der Waals surface area contributed by atoms with Gasteiger partial charge in [0.15, 0.2) is 5.60 Å². The van der Waals surface area contributed by atoms with Crippen molar-refractivity contribution < 1.29 is 24.5 Å². The molecule has 1 unspecified atom stereocenters. The van der Waals surface area contributed by atoms with E-state index in [1.54, 1.807) is 12.1 Å². The van der Waals surface area contributed by atoms with E-state index in [1.165, 1.54) is 0 Å². The van der Waals surface area contributed by atoms with Crippen molar-refractivity contribution >= 4 is 17.5 Å². The molecule has 0 spiro atoms. The Labute approximate surface area is 193 Å². The summed E-state index contributed by atoms with van der Waals surface area (Å²) in [7, 11) is 0. The van der Waals surface area contributed by atoms with Gasteiger partial charge in [0.25, 0.3) is 5.91 Å². The molecule has 0 radical (unpaired) electrons. The number of halogens is 1. The first-order valence-corrected chi connectivity index (χ1v) is 11.5. The van der Waals surface area contributed by atoms with E-state index in [1.807, 2.05) is 43.3 Å². The zero-order valence-electron chi connectivity index (χ0n) is 18.2. The Bertz CT molecular complexity index is 949. The first kappa shape index (κ1) is 23.2. The molecule has 6 nitrogen and oxygen atoms in total. The lowest BCUT2D eigenvalue weighted by Crippen LogP contribution is -2.60. The van der Waals surface area contributed by atoms with Gasteiger partial charge in [-0.3, -0.25) is 4.79 Å². The molecule has 2 aromatic carbocycles. The van der Waals surface area contributed by atoms with Crippen LogP contribution in [0.4, 0.5) is 0 Å². The van der Waals surface area contributed by atoms with Crippen LogP contribution >= 0.6 is 11.6 Å². The second-order valence-electron chi connectivity index (χ2n) is 8.90. The number of hydrogen-bond acceptors (Lipinski definition) is 5. The summed E-state index contributed by atoms with van der Waals surface area (Å²) < 4.78 is 12.2. The maximum absolute atomic E-state index is 13.3. The largest absolute Gasteiger partial charge is 0.390 e. The molecule has 2 aliphatic rings. The summed E-state index contributed by atoms with van der Waals surface area (Å²) in [4.78, 5) is 13.3. The summed E-state index contributed by atoms with van der Waals surface area (Å²) in [6.07, 6.45) is -0.974. The van der Waals surface area contributed by atoms with Crippen molar-refractivity contribution in [1.82, 2.24) is 5.32 Å². The number of hydrogen-bond donors (Lipinski definition) is 3. The number of aliphatic hydroxyl groups excluding tert-OH is 2. The Morgan fingerprint density at radius 1 is 1.12 bits per heavy atom. The lowest BCUT2D eigenvalue weighted by Gasteiger charge is -2.44. The summed E-state index contributed by atoms with van der Waals surface area (Å²) in [5.41, 5.74) is 1.60. The first-order valence-electron chi connectivity index (χ1n) is 11.1. The lowest BCUT2D eigenvalue weighted by molar-refractivity contribution is -0.200. The fourth-order valence-corrected chi connectivity index (χ4v) is 4.34. The van der Waals surface area contributed by atoms with Gasteiger partial charge in [-0.1, -0.05) is 48.0 Å². The molecule has 2 aromatic rings. The van der Waals surface area contributed by atoms with Crippen LogP contribution in [0.25, 0.3) is 0 Å². The predicted molar refractivity (Wildman–Crippen MR) is 121 cm³/mol. The fraction of sp³-hybridized carbons (Fsp3) is 0.480. The van der Waals surface area contributed by atoms with Crippen molar-refractivity contribution in [2.75, 3.05) is 0 Å². The topological polar surface area (TPSA) is 88.0 Å². The SMILES string of the molecule is Cc1ccccc1CO[C@]1(C(=O)NC2CC2)CC(OCc2cccc(Cl)c2)[C@H](O)[C@H](O)C1. The summed E-state index contributed by atoms with van der Waals surface area (Å²) in [6.45, 7) is 2.42. The molecule has 4 rings (SSSR count). The Balaban J connectivity index is 1.53. The molecule has 32 heavy (non-hydrogen) atoms. The molecule has 0 bridgehead atoms. The number of ether oxygens (including phenoxy) is 2. The van der Waals surface area contributed by atoms with E-state index in [0.29, 0.717) is 5.02 Å². The molecule has 1 amide bonds. The Morgan fingerprint density at radius 2 is 1.91 bits per heavy atom. The van der Waals surface area contributed by atoms with E-state index in [-0.39, 0.29) is 38.0 Å². The van der Waals surface area contributed by atoms with Gasteiger partial charge in [-0.05, 0) is 48.6 Å². The van der Waals surface area contributed by atoms with E-state index in [9.17, 15) is 15.0 Å². The average Bonchev–Trinajstić information content (AvgIpc) is 3.58. The van der Waals surface area contributed by atoms with Crippen molar-refractivity contribution in [3.05, 3.63) is 70.2 Å². The van der Waals surface area contributed by atoms with Gasteiger partial charge in [0, 0.05) is 23.9 Å². The van der Waals surface area contributed by atoms with Crippen LogP contribution in [0.15, 0.2) is 48.5 Å². The molecule has 7 heteroatoms. The van der Waals surface area contributed by atoms with Gasteiger partial charge in [0.1, 0.15) is 6.10 Å². The summed E-state index contributed by atoms with van der Waals surface area (Å²) in [5.74, 6) is -0.254. The molecule has 0 aliphatic heterocycles. The van der Waals surface area contributed by atoms with Crippen LogP contribution in [-0.2, 0) is 27.5 Å². The number of benzene rings is 2. The van der Waals surface area contributed by atoms with Crippen LogP contribution in [0.5, 0.6) is 0 Å². The van der Waals surface area contributed by atoms with Gasteiger partial charge >= 0.3 is 0 Å². The molecule has 0 saturated heterocycles. The van der Waals surface area contributed by atoms with E-state index in [4.69, 9.17) is 21.1 Å². The number of aryl methyl sites for hydroxylation is 1. The Kier molecular flexibility index (Phi) is 7.17. The molecule has 0 aromatic heterocycles. The van der Waals surface area contributed by atoms with Gasteiger partial charge in [0.2, 0.25) is 0 Å². The molecule has 3 N–H and O–H groups in total. The number of carbonyl (C=O) groups is 1. The first-order chi connectivity index (χ1) is 15.4. The van der Waals surface area contributed by atoms with Gasteiger partial charge in [-0.15, -0.1) is 0 Å². The zero-order chi connectivity index (χ0) is 22.7. The number of amides is 1. The molecule has 2 aliphatic carbocycles. The quantitative estimate of drug-likeness (QED) is 0.563. The number of nitrogens with one attached hydrogen (secondary N) is 1. The van der Waals surface area contributed by atoms with Crippen LogP contribution in [0.2, 0.25) is 5.02 Å². The molecule has 172 valence electrons. The van der Waals surface area contributed by atoms with Gasteiger partial charge < -0.3 is 25.0 Å². The standard InChI is InChI=1S/C25H30ClNO5/c1-16-5-2-3-7-18(16)15-32-25(24(30)27-20-9-10-20)12-21(28)23(29)22(13-25)31-14-17-6-4-8-19(26)11-17/h2-8,11,20-23,28-29H,9-10,12-15H2,1H3,(H,27,30)/t21-,22?,23-,25+/m1/s1. The zero-order valence-corrected chi connectivity index (χ0v) is 18.9. The third-order valence-electron chi connectivity index (χ3n) is 6.29. The maximum Gasteiger partial charge on any atom is 0.252 e. The highest BCUT2D eigenvalue weighted by Crippen LogP contribution is 2.37. The van der Waals surface area contributed by atoms with E-state index in [2.05, 4.69) is 5.32 Å². The monoisotopic (exact) mass is 459 g/mol. The highest BCUT2D eigenvalue weighted by atomic mass is 35.5. The van der Waals surface area contributed by atoms with Crippen LogP contribution in [-0.4, -0.2) is 46.1 Å². The Morgan fingerprint density at radius 3 is 2.62 bits per heavy atom. The van der Waals surface area contributed by atoms with Crippen LogP contribution in [0, 0.1) is 6.92 Å². The second kappa shape index (κ2) is 9.89. The third-order valence-corrected chi connectivity index (χ3v) is 6.52. The molecular weight excluding hydrogens is 430 g/mol. The molecular formula is C25H30ClNO5. The molecule has 2 saturated carbocycles. The minimum Gasteiger partial charge on any atom is -0.390 e. The second-order valence-corrected chi connectivity index (χ2v) is 9.34. The van der Waals surface area contributed by atoms with Crippen LogP contribution < -0.4 is 5.32 Å².